The Kier molecular flexibility index (Phi) is 3.83. The van der Waals surface area contributed by atoms with E-state index in [9.17, 15) is 5.11 Å². The molecule has 0 spiro atoms. The van der Waals surface area contributed by atoms with E-state index in [1.807, 2.05) is 41.8 Å². The van der Waals surface area contributed by atoms with Crippen LogP contribution in [0.1, 0.15) is 22.5 Å². The SMILES string of the molecule is NCC(c1cccs1)C(O)c1cccc2ccccc12. The molecule has 2 nitrogen and oxygen atoms in total. The first-order valence-corrected chi connectivity index (χ1v) is 7.58. The molecule has 102 valence electrons. The Labute approximate surface area is 122 Å². The zero-order valence-electron chi connectivity index (χ0n) is 11.1. The third kappa shape index (κ3) is 2.36. The number of rotatable bonds is 4. The maximum absolute atomic E-state index is 10.8. The molecule has 3 N–H and O–H groups in total. The smallest absolute Gasteiger partial charge is 0.0884 e. The fourth-order valence-electron chi connectivity index (χ4n) is 2.63. The lowest BCUT2D eigenvalue weighted by Crippen LogP contribution is -2.19. The third-order valence-electron chi connectivity index (χ3n) is 3.69. The molecule has 0 aliphatic rings. The van der Waals surface area contributed by atoms with Gasteiger partial charge in [0.05, 0.1) is 6.10 Å². The molecule has 2 aromatic carbocycles. The van der Waals surface area contributed by atoms with Crippen molar-refractivity contribution >= 4 is 22.1 Å². The van der Waals surface area contributed by atoms with Gasteiger partial charge in [-0.2, -0.15) is 0 Å². The maximum Gasteiger partial charge on any atom is 0.0884 e. The fourth-order valence-corrected chi connectivity index (χ4v) is 3.50. The van der Waals surface area contributed by atoms with Crippen LogP contribution in [0.5, 0.6) is 0 Å². The Morgan fingerprint density at radius 1 is 1.00 bits per heavy atom. The minimum atomic E-state index is -0.579. The summed E-state index contributed by atoms with van der Waals surface area (Å²) in [7, 11) is 0. The standard InChI is InChI=1S/C17H17NOS/c18-11-15(16-9-4-10-20-16)17(19)14-8-3-6-12-5-1-2-7-13(12)14/h1-10,15,17,19H,11,18H2. The minimum absolute atomic E-state index is 0.0548. The predicted molar refractivity (Wildman–Crippen MR) is 85.0 cm³/mol. The van der Waals surface area contributed by atoms with Gasteiger partial charge >= 0.3 is 0 Å². The number of aliphatic hydroxyl groups excluding tert-OH is 1. The van der Waals surface area contributed by atoms with E-state index in [4.69, 9.17) is 5.73 Å². The Morgan fingerprint density at radius 2 is 1.80 bits per heavy atom. The van der Waals surface area contributed by atoms with Gasteiger partial charge in [-0.1, -0.05) is 48.5 Å². The molecule has 3 heteroatoms. The van der Waals surface area contributed by atoms with E-state index in [1.165, 1.54) is 0 Å². The number of benzene rings is 2. The predicted octanol–water partition coefficient (Wildman–Crippen LogP) is 3.68. The van der Waals surface area contributed by atoms with Gasteiger partial charge in [0.25, 0.3) is 0 Å². The molecule has 1 aromatic heterocycles. The number of thiophene rings is 1. The topological polar surface area (TPSA) is 46.2 Å². The average molecular weight is 283 g/mol. The molecule has 2 atom stereocenters. The second-order valence-corrected chi connectivity index (χ2v) is 5.85. The molecule has 0 saturated carbocycles. The molecule has 0 aliphatic heterocycles. The molecule has 1 heterocycles. The van der Waals surface area contributed by atoms with E-state index in [1.54, 1.807) is 11.3 Å². The van der Waals surface area contributed by atoms with E-state index in [2.05, 4.69) is 18.2 Å². The molecular weight excluding hydrogens is 266 g/mol. The lowest BCUT2D eigenvalue weighted by atomic mass is 9.91. The molecule has 20 heavy (non-hydrogen) atoms. The van der Waals surface area contributed by atoms with Crippen molar-refractivity contribution < 1.29 is 5.11 Å². The highest BCUT2D eigenvalue weighted by Gasteiger charge is 2.23. The molecule has 3 rings (SSSR count). The number of hydrogen-bond donors (Lipinski definition) is 2. The van der Waals surface area contributed by atoms with Gasteiger partial charge in [0.2, 0.25) is 0 Å². The van der Waals surface area contributed by atoms with Gasteiger partial charge in [-0.15, -0.1) is 11.3 Å². The maximum atomic E-state index is 10.8. The van der Waals surface area contributed by atoms with Crippen molar-refractivity contribution in [2.45, 2.75) is 12.0 Å². The van der Waals surface area contributed by atoms with E-state index in [-0.39, 0.29) is 5.92 Å². The summed E-state index contributed by atoms with van der Waals surface area (Å²) in [5.41, 5.74) is 6.84. The Balaban J connectivity index is 2.05. The zero-order chi connectivity index (χ0) is 13.9. The molecule has 0 bridgehead atoms. The van der Waals surface area contributed by atoms with Gasteiger partial charge in [-0.05, 0) is 27.8 Å². The minimum Gasteiger partial charge on any atom is -0.388 e. The van der Waals surface area contributed by atoms with Crippen molar-refractivity contribution in [2.24, 2.45) is 5.73 Å². The lowest BCUT2D eigenvalue weighted by Gasteiger charge is -2.22. The van der Waals surface area contributed by atoms with Crippen LogP contribution in [-0.4, -0.2) is 11.7 Å². The second kappa shape index (κ2) is 5.75. The summed E-state index contributed by atoms with van der Waals surface area (Å²) in [4.78, 5) is 1.13. The Morgan fingerprint density at radius 3 is 2.55 bits per heavy atom. The van der Waals surface area contributed by atoms with Crippen molar-refractivity contribution in [3.8, 4) is 0 Å². The van der Waals surface area contributed by atoms with E-state index >= 15 is 0 Å². The van der Waals surface area contributed by atoms with Crippen LogP contribution in [0.15, 0.2) is 60.0 Å². The molecule has 0 saturated heterocycles. The summed E-state index contributed by atoms with van der Waals surface area (Å²) in [5.74, 6) is -0.0548. The summed E-state index contributed by atoms with van der Waals surface area (Å²) >= 11 is 1.64. The number of nitrogens with two attached hydrogens (primary N) is 1. The highest BCUT2D eigenvalue weighted by Crippen LogP contribution is 2.35. The number of fused-ring (bicyclic) bond motifs is 1. The lowest BCUT2D eigenvalue weighted by molar-refractivity contribution is 0.150. The van der Waals surface area contributed by atoms with E-state index < -0.39 is 6.10 Å². The van der Waals surface area contributed by atoms with Crippen LogP contribution in [0.2, 0.25) is 0 Å². The monoisotopic (exact) mass is 283 g/mol. The Bertz CT molecular complexity index is 688. The molecular formula is C17H17NOS. The molecule has 3 aromatic rings. The third-order valence-corrected chi connectivity index (χ3v) is 4.69. The normalized spacial score (nSPS) is 14.3. The van der Waals surface area contributed by atoms with Crippen molar-refractivity contribution in [3.63, 3.8) is 0 Å². The first-order chi connectivity index (χ1) is 9.81. The molecule has 0 aliphatic carbocycles. The summed E-state index contributed by atoms with van der Waals surface area (Å²) in [5, 5.41) is 15.0. The summed E-state index contributed by atoms with van der Waals surface area (Å²) in [6.45, 7) is 0.435. The Hall–Kier alpha value is -1.68. The molecule has 2 unspecified atom stereocenters. The van der Waals surface area contributed by atoms with Gasteiger partial charge in [0.1, 0.15) is 0 Å². The van der Waals surface area contributed by atoms with Crippen LogP contribution in [-0.2, 0) is 0 Å². The largest absolute Gasteiger partial charge is 0.388 e. The molecule has 0 radical (unpaired) electrons. The van der Waals surface area contributed by atoms with Crippen LogP contribution >= 0.6 is 11.3 Å². The first kappa shape index (κ1) is 13.3. The van der Waals surface area contributed by atoms with Crippen LogP contribution in [0.4, 0.5) is 0 Å². The summed E-state index contributed by atoms with van der Waals surface area (Å²) in [6.07, 6.45) is -0.579. The highest BCUT2D eigenvalue weighted by atomic mass is 32.1. The van der Waals surface area contributed by atoms with Crippen LogP contribution in [0.25, 0.3) is 10.8 Å². The van der Waals surface area contributed by atoms with Gasteiger partial charge in [0.15, 0.2) is 0 Å². The van der Waals surface area contributed by atoms with Crippen molar-refractivity contribution in [1.29, 1.82) is 0 Å². The highest BCUT2D eigenvalue weighted by molar-refractivity contribution is 7.10. The number of aliphatic hydroxyl groups is 1. The van der Waals surface area contributed by atoms with Gasteiger partial charge in [0, 0.05) is 17.3 Å². The van der Waals surface area contributed by atoms with Crippen molar-refractivity contribution in [3.05, 3.63) is 70.4 Å². The van der Waals surface area contributed by atoms with Crippen LogP contribution in [0.3, 0.4) is 0 Å². The summed E-state index contributed by atoms with van der Waals surface area (Å²) < 4.78 is 0. The van der Waals surface area contributed by atoms with Crippen LogP contribution in [0, 0.1) is 0 Å². The zero-order valence-corrected chi connectivity index (χ0v) is 11.9. The van der Waals surface area contributed by atoms with Crippen LogP contribution < -0.4 is 5.73 Å². The van der Waals surface area contributed by atoms with Crippen molar-refractivity contribution in [1.82, 2.24) is 0 Å². The fraction of sp³-hybridized carbons (Fsp3) is 0.176. The summed E-state index contributed by atoms with van der Waals surface area (Å²) in [6, 6.07) is 18.2. The van der Waals surface area contributed by atoms with Gasteiger partial charge < -0.3 is 10.8 Å². The molecule has 0 fully saturated rings. The van der Waals surface area contributed by atoms with E-state index in [0.717, 1.165) is 21.2 Å². The molecule has 0 amide bonds. The van der Waals surface area contributed by atoms with Gasteiger partial charge in [-0.3, -0.25) is 0 Å². The van der Waals surface area contributed by atoms with Crippen molar-refractivity contribution in [2.75, 3.05) is 6.54 Å². The average Bonchev–Trinajstić information content (AvgIpc) is 3.01. The second-order valence-electron chi connectivity index (χ2n) is 4.87. The van der Waals surface area contributed by atoms with E-state index in [0.29, 0.717) is 6.54 Å². The first-order valence-electron chi connectivity index (χ1n) is 6.70. The quantitative estimate of drug-likeness (QED) is 0.767. The number of hydrogen-bond acceptors (Lipinski definition) is 3. The van der Waals surface area contributed by atoms with Gasteiger partial charge in [-0.25, -0.2) is 0 Å².